The first-order valence-electron chi connectivity index (χ1n) is 6.67. The van der Waals surface area contributed by atoms with Gasteiger partial charge in [-0.2, -0.15) is 4.31 Å². The molecule has 1 saturated carbocycles. The standard InChI is InChI=1S/C12H22N2O4S/c1-13(19(2,16)17)8-12(15)14-6-5-11(7-14)18-9-10-3-4-10/h10-11H,3-9H2,1-2H3. The van der Waals surface area contributed by atoms with Gasteiger partial charge in [-0.1, -0.05) is 0 Å². The second-order valence-electron chi connectivity index (χ2n) is 5.55. The summed E-state index contributed by atoms with van der Waals surface area (Å²) in [7, 11) is -1.88. The smallest absolute Gasteiger partial charge is 0.237 e. The van der Waals surface area contributed by atoms with Crippen LogP contribution >= 0.6 is 0 Å². The van der Waals surface area contributed by atoms with Crippen molar-refractivity contribution in [1.29, 1.82) is 0 Å². The van der Waals surface area contributed by atoms with Gasteiger partial charge in [0.05, 0.1) is 18.9 Å². The summed E-state index contributed by atoms with van der Waals surface area (Å²) in [5.74, 6) is 0.576. The fraction of sp³-hybridized carbons (Fsp3) is 0.917. The summed E-state index contributed by atoms with van der Waals surface area (Å²) in [6, 6.07) is 0. The largest absolute Gasteiger partial charge is 0.376 e. The maximum absolute atomic E-state index is 12.0. The third-order valence-corrected chi connectivity index (χ3v) is 4.95. The van der Waals surface area contributed by atoms with Gasteiger partial charge in [-0.25, -0.2) is 8.42 Å². The van der Waals surface area contributed by atoms with Crippen LogP contribution in [0.1, 0.15) is 19.3 Å². The number of carbonyl (C=O) groups excluding carboxylic acids is 1. The molecule has 2 rings (SSSR count). The van der Waals surface area contributed by atoms with E-state index in [-0.39, 0.29) is 18.6 Å². The third kappa shape index (κ3) is 4.43. The van der Waals surface area contributed by atoms with E-state index in [0.29, 0.717) is 13.1 Å². The quantitative estimate of drug-likeness (QED) is 0.685. The van der Waals surface area contributed by atoms with Crippen LogP contribution in [0, 0.1) is 5.92 Å². The van der Waals surface area contributed by atoms with Crippen molar-refractivity contribution in [2.24, 2.45) is 5.92 Å². The molecule has 0 radical (unpaired) electrons. The van der Waals surface area contributed by atoms with E-state index in [2.05, 4.69) is 0 Å². The Morgan fingerprint density at radius 2 is 2.05 bits per heavy atom. The Labute approximate surface area is 114 Å². The molecule has 1 aliphatic carbocycles. The lowest BCUT2D eigenvalue weighted by atomic mass is 10.3. The van der Waals surface area contributed by atoms with Crippen molar-refractivity contribution in [1.82, 2.24) is 9.21 Å². The Kier molecular flexibility index (Phi) is 4.47. The number of amides is 1. The number of nitrogens with zero attached hydrogens (tertiary/aromatic N) is 2. The lowest BCUT2D eigenvalue weighted by Gasteiger charge is -2.20. The van der Waals surface area contributed by atoms with E-state index < -0.39 is 10.0 Å². The maximum Gasteiger partial charge on any atom is 0.237 e. The van der Waals surface area contributed by atoms with E-state index in [1.165, 1.54) is 19.9 Å². The molecule has 0 N–H and O–H groups in total. The van der Waals surface area contributed by atoms with Gasteiger partial charge < -0.3 is 9.64 Å². The average Bonchev–Trinajstić information content (AvgIpc) is 3.02. The van der Waals surface area contributed by atoms with Crippen molar-refractivity contribution in [3.8, 4) is 0 Å². The zero-order valence-corrected chi connectivity index (χ0v) is 12.4. The second-order valence-corrected chi connectivity index (χ2v) is 7.64. The van der Waals surface area contributed by atoms with Gasteiger partial charge in [-0.15, -0.1) is 0 Å². The minimum Gasteiger partial charge on any atom is -0.376 e. The van der Waals surface area contributed by atoms with E-state index in [1.54, 1.807) is 4.90 Å². The first-order chi connectivity index (χ1) is 8.86. The van der Waals surface area contributed by atoms with Gasteiger partial charge in [-0.3, -0.25) is 4.79 Å². The van der Waals surface area contributed by atoms with Crippen LogP contribution in [-0.4, -0.2) is 69.2 Å². The summed E-state index contributed by atoms with van der Waals surface area (Å²) >= 11 is 0. The molecule has 1 heterocycles. The van der Waals surface area contributed by atoms with Gasteiger partial charge in [-0.05, 0) is 25.2 Å². The molecule has 1 atom stereocenters. The monoisotopic (exact) mass is 290 g/mol. The van der Waals surface area contributed by atoms with Crippen LogP contribution in [0.2, 0.25) is 0 Å². The van der Waals surface area contributed by atoms with Crippen molar-refractivity contribution in [2.75, 3.05) is 39.5 Å². The highest BCUT2D eigenvalue weighted by Crippen LogP contribution is 2.30. The number of carbonyl (C=O) groups is 1. The molecule has 0 bridgehead atoms. The van der Waals surface area contributed by atoms with Crippen LogP contribution in [0.5, 0.6) is 0 Å². The number of likely N-dealkylation sites (tertiary alicyclic amines) is 1. The minimum absolute atomic E-state index is 0.0891. The Morgan fingerprint density at radius 1 is 1.37 bits per heavy atom. The number of hydrogen-bond donors (Lipinski definition) is 0. The zero-order valence-electron chi connectivity index (χ0n) is 11.5. The third-order valence-electron chi connectivity index (χ3n) is 3.69. The van der Waals surface area contributed by atoms with Crippen LogP contribution in [-0.2, 0) is 19.6 Å². The molecular formula is C12H22N2O4S. The van der Waals surface area contributed by atoms with Crippen LogP contribution in [0.25, 0.3) is 0 Å². The van der Waals surface area contributed by atoms with E-state index in [9.17, 15) is 13.2 Å². The van der Waals surface area contributed by atoms with Crippen molar-refractivity contribution in [3.05, 3.63) is 0 Å². The van der Waals surface area contributed by atoms with E-state index in [4.69, 9.17) is 4.74 Å². The predicted molar refractivity (Wildman–Crippen MR) is 71.1 cm³/mol. The highest BCUT2D eigenvalue weighted by atomic mass is 32.2. The molecule has 0 spiro atoms. The molecule has 0 aromatic heterocycles. The molecule has 1 saturated heterocycles. The summed E-state index contributed by atoms with van der Waals surface area (Å²) in [5, 5.41) is 0. The molecule has 0 aromatic rings. The fourth-order valence-electron chi connectivity index (χ4n) is 2.06. The second kappa shape index (κ2) is 5.76. The SMILES string of the molecule is CN(CC(=O)N1CCC(OCC2CC2)C1)S(C)(=O)=O. The molecule has 6 nitrogen and oxygen atoms in total. The fourth-order valence-corrected chi connectivity index (χ4v) is 2.40. The van der Waals surface area contributed by atoms with Crippen LogP contribution in [0.15, 0.2) is 0 Å². The molecular weight excluding hydrogens is 268 g/mol. The number of ether oxygens (including phenoxy) is 1. The first-order valence-corrected chi connectivity index (χ1v) is 8.52. The lowest BCUT2D eigenvalue weighted by Crippen LogP contribution is -2.40. The molecule has 1 unspecified atom stereocenters. The maximum atomic E-state index is 12.0. The van der Waals surface area contributed by atoms with E-state index >= 15 is 0 Å². The van der Waals surface area contributed by atoms with Crippen LogP contribution in [0.3, 0.4) is 0 Å². The molecule has 110 valence electrons. The molecule has 2 fully saturated rings. The van der Waals surface area contributed by atoms with Crippen LogP contribution < -0.4 is 0 Å². The topological polar surface area (TPSA) is 66.9 Å². The van der Waals surface area contributed by atoms with Gasteiger partial charge >= 0.3 is 0 Å². The first kappa shape index (κ1) is 14.7. The minimum atomic E-state index is -3.30. The van der Waals surface area contributed by atoms with Gasteiger partial charge in [0, 0.05) is 26.7 Å². The van der Waals surface area contributed by atoms with Crippen molar-refractivity contribution < 1.29 is 17.9 Å². The molecule has 1 aliphatic heterocycles. The molecule has 0 aromatic carbocycles. The summed E-state index contributed by atoms with van der Waals surface area (Å²) < 4.78 is 29.4. The number of rotatable bonds is 6. The number of hydrogen-bond acceptors (Lipinski definition) is 4. The summed E-state index contributed by atoms with van der Waals surface area (Å²) in [4.78, 5) is 13.7. The molecule has 19 heavy (non-hydrogen) atoms. The lowest BCUT2D eigenvalue weighted by molar-refractivity contribution is -0.130. The summed E-state index contributed by atoms with van der Waals surface area (Å²) in [5.41, 5.74) is 0. The average molecular weight is 290 g/mol. The van der Waals surface area contributed by atoms with Crippen molar-refractivity contribution in [2.45, 2.75) is 25.4 Å². The Balaban J connectivity index is 1.74. The summed E-state index contributed by atoms with van der Waals surface area (Å²) in [6.45, 7) is 1.96. The van der Waals surface area contributed by atoms with Gasteiger partial charge in [0.15, 0.2) is 0 Å². The highest BCUT2D eigenvalue weighted by molar-refractivity contribution is 7.88. The van der Waals surface area contributed by atoms with Crippen molar-refractivity contribution in [3.63, 3.8) is 0 Å². The van der Waals surface area contributed by atoms with Gasteiger partial charge in [0.25, 0.3) is 0 Å². The zero-order chi connectivity index (χ0) is 14.0. The normalized spacial score (nSPS) is 24.2. The van der Waals surface area contributed by atoms with Gasteiger partial charge in [0.1, 0.15) is 0 Å². The number of sulfonamides is 1. The van der Waals surface area contributed by atoms with Gasteiger partial charge in [0.2, 0.25) is 15.9 Å². The van der Waals surface area contributed by atoms with E-state index in [1.807, 2.05) is 0 Å². The summed E-state index contributed by atoms with van der Waals surface area (Å²) in [6.07, 6.45) is 4.59. The van der Waals surface area contributed by atoms with Crippen LogP contribution in [0.4, 0.5) is 0 Å². The molecule has 7 heteroatoms. The van der Waals surface area contributed by atoms with Crippen molar-refractivity contribution >= 4 is 15.9 Å². The number of likely N-dealkylation sites (N-methyl/N-ethyl adjacent to an activating group) is 1. The molecule has 2 aliphatic rings. The molecule has 1 amide bonds. The Bertz CT molecular complexity index is 433. The predicted octanol–water partition coefficient (Wildman–Crippen LogP) is -0.0947. The highest BCUT2D eigenvalue weighted by Gasteiger charge is 2.30. The van der Waals surface area contributed by atoms with E-state index in [0.717, 1.165) is 29.5 Å². The Morgan fingerprint density at radius 3 is 2.63 bits per heavy atom. The Hall–Kier alpha value is -0.660.